The van der Waals surface area contributed by atoms with Crippen molar-refractivity contribution in [2.75, 3.05) is 40.4 Å². The van der Waals surface area contributed by atoms with Crippen LogP contribution in [0.2, 0.25) is 0 Å². The van der Waals surface area contributed by atoms with E-state index in [2.05, 4.69) is 17.3 Å². The summed E-state index contributed by atoms with van der Waals surface area (Å²) in [6, 6.07) is 7.73. The van der Waals surface area contributed by atoms with Gasteiger partial charge in [-0.15, -0.1) is 11.8 Å². The molecule has 2 atom stereocenters. The molecule has 0 bridgehead atoms. The molecule has 0 saturated carbocycles. The minimum atomic E-state index is -0.144. The lowest BCUT2D eigenvalue weighted by Gasteiger charge is -2.30. The Morgan fingerprint density at radius 2 is 2.23 bits per heavy atom. The van der Waals surface area contributed by atoms with E-state index in [4.69, 9.17) is 9.47 Å². The van der Waals surface area contributed by atoms with Gasteiger partial charge in [-0.05, 0) is 38.2 Å². The van der Waals surface area contributed by atoms with Crippen LogP contribution < -0.4 is 10.1 Å². The Bertz CT molecular complexity index is 481. The molecule has 6 heteroatoms. The Labute approximate surface area is 136 Å². The molecule has 22 heavy (non-hydrogen) atoms. The smallest absolute Gasteiger partial charge is 0.233 e. The Kier molecular flexibility index (Phi) is 6.54. The molecular weight excluding hydrogens is 300 g/mol. The monoisotopic (exact) mass is 324 g/mol. The SMILES string of the molecule is COc1ccc(S[C@@H](C)C(=O)NC[C@@H]2CN(C)CCO2)cc1. The molecular formula is C16H24N2O3S. The summed E-state index contributed by atoms with van der Waals surface area (Å²) in [5, 5.41) is 2.84. The van der Waals surface area contributed by atoms with Crippen molar-refractivity contribution < 1.29 is 14.3 Å². The molecule has 0 unspecified atom stereocenters. The van der Waals surface area contributed by atoms with Crippen LogP contribution in [-0.2, 0) is 9.53 Å². The van der Waals surface area contributed by atoms with Crippen molar-refractivity contribution in [1.29, 1.82) is 0 Å². The highest BCUT2D eigenvalue weighted by molar-refractivity contribution is 8.00. The standard InChI is InChI=1S/C16H24N2O3S/c1-12(22-15-6-4-13(20-3)5-7-15)16(19)17-10-14-11-18(2)8-9-21-14/h4-7,12,14H,8-11H2,1-3H3,(H,17,19)/t12-,14+/m0/s1. The van der Waals surface area contributed by atoms with Crippen LogP contribution in [0.5, 0.6) is 5.75 Å². The van der Waals surface area contributed by atoms with E-state index in [-0.39, 0.29) is 17.3 Å². The molecule has 1 amide bonds. The molecule has 5 nitrogen and oxygen atoms in total. The van der Waals surface area contributed by atoms with Gasteiger partial charge in [0.05, 0.1) is 25.1 Å². The Hall–Kier alpha value is -1.24. The molecule has 1 N–H and O–H groups in total. The van der Waals surface area contributed by atoms with Gasteiger partial charge in [0, 0.05) is 24.5 Å². The van der Waals surface area contributed by atoms with Gasteiger partial charge in [-0.2, -0.15) is 0 Å². The Balaban J connectivity index is 1.76. The third-order valence-electron chi connectivity index (χ3n) is 3.59. The topological polar surface area (TPSA) is 50.8 Å². The maximum absolute atomic E-state index is 12.2. The number of hydrogen-bond acceptors (Lipinski definition) is 5. The summed E-state index contributed by atoms with van der Waals surface area (Å²) in [5.41, 5.74) is 0. The van der Waals surface area contributed by atoms with Gasteiger partial charge in [-0.3, -0.25) is 4.79 Å². The first-order valence-electron chi connectivity index (χ1n) is 7.47. The van der Waals surface area contributed by atoms with E-state index < -0.39 is 0 Å². The van der Waals surface area contributed by atoms with Gasteiger partial charge in [0.25, 0.3) is 0 Å². The normalized spacial score (nSPS) is 20.4. The fourth-order valence-electron chi connectivity index (χ4n) is 2.26. The number of morpholine rings is 1. The molecule has 0 spiro atoms. The first kappa shape index (κ1) is 17.1. The van der Waals surface area contributed by atoms with Crippen molar-refractivity contribution in [3.8, 4) is 5.75 Å². The Morgan fingerprint density at radius 1 is 1.50 bits per heavy atom. The zero-order valence-electron chi connectivity index (χ0n) is 13.4. The van der Waals surface area contributed by atoms with E-state index in [1.54, 1.807) is 7.11 Å². The predicted molar refractivity (Wildman–Crippen MR) is 88.6 cm³/mol. The quantitative estimate of drug-likeness (QED) is 0.806. The second-order valence-electron chi connectivity index (χ2n) is 5.44. The number of carbonyl (C=O) groups is 1. The lowest BCUT2D eigenvalue weighted by atomic mass is 10.3. The molecule has 1 aromatic rings. The fraction of sp³-hybridized carbons (Fsp3) is 0.562. The number of benzene rings is 1. The number of carbonyl (C=O) groups excluding carboxylic acids is 1. The highest BCUT2D eigenvalue weighted by atomic mass is 32.2. The first-order chi connectivity index (χ1) is 10.6. The molecule has 0 radical (unpaired) electrons. The average molecular weight is 324 g/mol. The number of likely N-dealkylation sites (N-methyl/N-ethyl adjacent to an activating group) is 1. The van der Waals surface area contributed by atoms with Crippen molar-refractivity contribution in [2.24, 2.45) is 0 Å². The minimum absolute atomic E-state index is 0.0395. The average Bonchev–Trinajstić information content (AvgIpc) is 2.53. The van der Waals surface area contributed by atoms with Crippen molar-refractivity contribution in [3.05, 3.63) is 24.3 Å². The molecule has 0 aliphatic carbocycles. The first-order valence-corrected chi connectivity index (χ1v) is 8.35. The summed E-state index contributed by atoms with van der Waals surface area (Å²) in [6.45, 7) is 5.02. The number of nitrogens with one attached hydrogen (secondary N) is 1. The summed E-state index contributed by atoms with van der Waals surface area (Å²) in [6.07, 6.45) is 0.0842. The predicted octanol–water partition coefficient (Wildman–Crippen LogP) is 1.62. The van der Waals surface area contributed by atoms with Crippen LogP contribution in [0.4, 0.5) is 0 Å². The zero-order chi connectivity index (χ0) is 15.9. The molecule has 1 aromatic carbocycles. The summed E-state index contributed by atoms with van der Waals surface area (Å²) in [4.78, 5) is 15.4. The van der Waals surface area contributed by atoms with Crippen LogP contribution in [0.3, 0.4) is 0 Å². The Morgan fingerprint density at radius 3 is 2.86 bits per heavy atom. The van der Waals surface area contributed by atoms with Crippen LogP contribution in [0, 0.1) is 0 Å². The summed E-state index contributed by atoms with van der Waals surface area (Å²) >= 11 is 1.54. The second-order valence-corrected chi connectivity index (χ2v) is 6.85. The maximum Gasteiger partial charge on any atom is 0.233 e. The lowest BCUT2D eigenvalue weighted by molar-refractivity contribution is -0.121. The third-order valence-corrected chi connectivity index (χ3v) is 4.70. The maximum atomic E-state index is 12.2. The van der Waals surface area contributed by atoms with Crippen LogP contribution in [0.1, 0.15) is 6.92 Å². The second kappa shape index (κ2) is 8.41. The number of hydrogen-bond donors (Lipinski definition) is 1. The molecule has 1 saturated heterocycles. The van der Waals surface area contributed by atoms with E-state index >= 15 is 0 Å². The highest BCUT2D eigenvalue weighted by Crippen LogP contribution is 2.25. The molecule has 122 valence electrons. The number of methoxy groups -OCH3 is 1. The molecule has 1 aliphatic heterocycles. The summed E-state index contributed by atoms with van der Waals surface area (Å²) < 4.78 is 10.8. The van der Waals surface area contributed by atoms with Gasteiger partial charge in [-0.25, -0.2) is 0 Å². The van der Waals surface area contributed by atoms with E-state index in [0.717, 1.165) is 30.3 Å². The van der Waals surface area contributed by atoms with E-state index in [9.17, 15) is 4.79 Å². The van der Waals surface area contributed by atoms with Gasteiger partial charge >= 0.3 is 0 Å². The zero-order valence-corrected chi connectivity index (χ0v) is 14.2. The molecule has 0 aromatic heterocycles. The summed E-state index contributed by atoms with van der Waals surface area (Å²) in [5.74, 6) is 0.859. The number of rotatable bonds is 6. The van der Waals surface area contributed by atoms with Gasteiger partial charge in [-0.1, -0.05) is 0 Å². The minimum Gasteiger partial charge on any atom is -0.497 e. The van der Waals surface area contributed by atoms with Crippen LogP contribution in [0.15, 0.2) is 29.2 Å². The van der Waals surface area contributed by atoms with E-state index in [1.807, 2.05) is 31.2 Å². The van der Waals surface area contributed by atoms with E-state index in [1.165, 1.54) is 11.8 Å². The third kappa shape index (κ3) is 5.19. The van der Waals surface area contributed by atoms with Crippen molar-refractivity contribution in [2.45, 2.75) is 23.2 Å². The lowest BCUT2D eigenvalue weighted by Crippen LogP contribution is -2.47. The van der Waals surface area contributed by atoms with Gasteiger partial charge in [0.1, 0.15) is 5.75 Å². The van der Waals surface area contributed by atoms with Crippen LogP contribution in [-0.4, -0.2) is 62.6 Å². The number of nitrogens with zero attached hydrogens (tertiary/aromatic N) is 1. The van der Waals surface area contributed by atoms with Crippen molar-refractivity contribution in [3.63, 3.8) is 0 Å². The molecule has 1 aliphatic rings. The van der Waals surface area contributed by atoms with Crippen LogP contribution >= 0.6 is 11.8 Å². The van der Waals surface area contributed by atoms with Crippen molar-refractivity contribution in [1.82, 2.24) is 10.2 Å². The molecule has 2 rings (SSSR count). The van der Waals surface area contributed by atoms with Gasteiger partial charge in [0.15, 0.2) is 0 Å². The van der Waals surface area contributed by atoms with Gasteiger partial charge in [0.2, 0.25) is 5.91 Å². The van der Waals surface area contributed by atoms with Crippen molar-refractivity contribution >= 4 is 17.7 Å². The largest absolute Gasteiger partial charge is 0.497 e. The number of ether oxygens (including phenoxy) is 2. The molecule has 1 fully saturated rings. The molecule has 1 heterocycles. The summed E-state index contributed by atoms with van der Waals surface area (Å²) in [7, 11) is 3.71. The highest BCUT2D eigenvalue weighted by Gasteiger charge is 2.20. The number of amides is 1. The fourth-order valence-corrected chi connectivity index (χ4v) is 3.15. The van der Waals surface area contributed by atoms with E-state index in [0.29, 0.717) is 6.54 Å². The van der Waals surface area contributed by atoms with Gasteiger partial charge < -0.3 is 19.7 Å². The number of thioether (sulfide) groups is 1. The van der Waals surface area contributed by atoms with Crippen LogP contribution in [0.25, 0.3) is 0 Å².